The summed E-state index contributed by atoms with van der Waals surface area (Å²) in [7, 11) is 0. The SMILES string of the molecule is Cc1ccc2oc3cnc(C)cc3c2c1. The summed E-state index contributed by atoms with van der Waals surface area (Å²) in [5.41, 5.74) is 4.07. The minimum atomic E-state index is 0.862. The number of aromatic nitrogens is 1. The Morgan fingerprint density at radius 3 is 2.67 bits per heavy atom. The first-order valence-corrected chi connectivity index (χ1v) is 4.99. The molecule has 0 N–H and O–H groups in total. The second-order valence-electron chi connectivity index (χ2n) is 3.92. The van der Waals surface area contributed by atoms with Gasteiger partial charge in [0.05, 0.1) is 6.20 Å². The maximum Gasteiger partial charge on any atom is 0.153 e. The number of hydrogen-bond donors (Lipinski definition) is 0. The van der Waals surface area contributed by atoms with E-state index >= 15 is 0 Å². The first kappa shape index (κ1) is 8.48. The zero-order valence-corrected chi connectivity index (χ0v) is 8.74. The van der Waals surface area contributed by atoms with Gasteiger partial charge >= 0.3 is 0 Å². The van der Waals surface area contributed by atoms with E-state index in [4.69, 9.17) is 4.42 Å². The number of aryl methyl sites for hydroxylation is 2. The van der Waals surface area contributed by atoms with Gasteiger partial charge in [-0.05, 0) is 32.0 Å². The van der Waals surface area contributed by atoms with Crippen LogP contribution in [0.3, 0.4) is 0 Å². The summed E-state index contributed by atoms with van der Waals surface area (Å²) in [5, 5.41) is 2.33. The summed E-state index contributed by atoms with van der Waals surface area (Å²) in [6.45, 7) is 4.08. The molecule has 0 saturated carbocycles. The van der Waals surface area contributed by atoms with Gasteiger partial charge in [-0.3, -0.25) is 4.98 Å². The first-order chi connectivity index (χ1) is 7.24. The topological polar surface area (TPSA) is 26.0 Å². The highest BCUT2D eigenvalue weighted by atomic mass is 16.3. The van der Waals surface area contributed by atoms with E-state index in [2.05, 4.69) is 30.1 Å². The van der Waals surface area contributed by atoms with Gasteiger partial charge in [0.2, 0.25) is 0 Å². The van der Waals surface area contributed by atoms with Gasteiger partial charge in [-0.1, -0.05) is 11.6 Å². The third-order valence-corrected chi connectivity index (χ3v) is 2.65. The molecule has 3 aromatic rings. The fourth-order valence-electron chi connectivity index (χ4n) is 1.90. The summed E-state index contributed by atoms with van der Waals surface area (Å²) in [4.78, 5) is 4.23. The second kappa shape index (κ2) is 2.83. The van der Waals surface area contributed by atoms with Crippen molar-refractivity contribution in [1.29, 1.82) is 0 Å². The van der Waals surface area contributed by atoms with Gasteiger partial charge in [-0.25, -0.2) is 0 Å². The zero-order chi connectivity index (χ0) is 10.4. The molecular formula is C13H11NO. The molecule has 0 radical (unpaired) electrons. The highest BCUT2D eigenvalue weighted by Gasteiger charge is 2.06. The Morgan fingerprint density at radius 1 is 1.00 bits per heavy atom. The van der Waals surface area contributed by atoms with Crippen LogP contribution in [0.25, 0.3) is 21.9 Å². The Morgan fingerprint density at radius 2 is 1.80 bits per heavy atom. The van der Waals surface area contributed by atoms with E-state index < -0.39 is 0 Å². The van der Waals surface area contributed by atoms with E-state index in [9.17, 15) is 0 Å². The molecule has 0 atom stereocenters. The van der Waals surface area contributed by atoms with Crippen molar-refractivity contribution >= 4 is 21.9 Å². The standard InChI is InChI=1S/C13H11NO/c1-8-3-4-12-10(5-8)11-6-9(2)14-7-13(11)15-12/h3-7H,1-2H3. The number of pyridine rings is 1. The monoisotopic (exact) mass is 197 g/mol. The molecule has 15 heavy (non-hydrogen) atoms. The van der Waals surface area contributed by atoms with Crippen LogP contribution < -0.4 is 0 Å². The van der Waals surface area contributed by atoms with Crippen molar-refractivity contribution in [3.05, 3.63) is 41.7 Å². The van der Waals surface area contributed by atoms with Crippen molar-refractivity contribution in [1.82, 2.24) is 4.98 Å². The molecule has 0 aliphatic carbocycles. The molecule has 3 rings (SSSR count). The Hall–Kier alpha value is -1.83. The van der Waals surface area contributed by atoms with Crippen LogP contribution in [0.2, 0.25) is 0 Å². The van der Waals surface area contributed by atoms with Crippen molar-refractivity contribution in [2.45, 2.75) is 13.8 Å². The molecule has 0 spiro atoms. The van der Waals surface area contributed by atoms with Gasteiger partial charge in [0.25, 0.3) is 0 Å². The predicted molar refractivity (Wildman–Crippen MR) is 61.0 cm³/mol. The normalized spacial score (nSPS) is 11.3. The van der Waals surface area contributed by atoms with Crippen LogP contribution in [-0.2, 0) is 0 Å². The highest BCUT2D eigenvalue weighted by molar-refractivity contribution is 6.04. The van der Waals surface area contributed by atoms with Crippen LogP contribution in [0.4, 0.5) is 0 Å². The summed E-state index contributed by atoms with van der Waals surface area (Å²) in [5.74, 6) is 0. The Bertz CT molecular complexity index is 596. The third-order valence-electron chi connectivity index (χ3n) is 2.65. The number of fused-ring (bicyclic) bond motifs is 3. The fourth-order valence-corrected chi connectivity index (χ4v) is 1.90. The largest absolute Gasteiger partial charge is 0.454 e. The van der Waals surface area contributed by atoms with Crippen molar-refractivity contribution in [2.75, 3.05) is 0 Å². The van der Waals surface area contributed by atoms with Crippen molar-refractivity contribution in [3.63, 3.8) is 0 Å². The molecule has 74 valence electrons. The van der Waals surface area contributed by atoms with E-state index in [0.717, 1.165) is 22.2 Å². The lowest BCUT2D eigenvalue weighted by Gasteiger charge is -1.92. The van der Waals surface area contributed by atoms with Crippen LogP contribution >= 0.6 is 0 Å². The van der Waals surface area contributed by atoms with Crippen molar-refractivity contribution in [2.24, 2.45) is 0 Å². The average Bonchev–Trinajstić information content (AvgIpc) is 2.56. The number of hydrogen-bond acceptors (Lipinski definition) is 2. The maximum atomic E-state index is 5.70. The lowest BCUT2D eigenvalue weighted by molar-refractivity contribution is 0.666. The quantitative estimate of drug-likeness (QED) is 0.550. The molecule has 0 aliphatic rings. The van der Waals surface area contributed by atoms with E-state index in [1.54, 1.807) is 6.20 Å². The predicted octanol–water partition coefficient (Wildman–Crippen LogP) is 3.60. The van der Waals surface area contributed by atoms with Crippen molar-refractivity contribution < 1.29 is 4.42 Å². The Labute approximate surface area is 87.5 Å². The molecular weight excluding hydrogens is 186 g/mol. The minimum Gasteiger partial charge on any atom is -0.454 e. The van der Waals surface area contributed by atoms with E-state index in [0.29, 0.717) is 0 Å². The summed E-state index contributed by atoms with van der Waals surface area (Å²) < 4.78 is 5.70. The lowest BCUT2D eigenvalue weighted by atomic mass is 10.1. The molecule has 0 saturated heterocycles. The highest BCUT2D eigenvalue weighted by Crippen LogP contribution is 2.28. The van der Waals surface area contributed by atoms with Gasteiger partial charge in [-0.15, -0.1) is 0 Å². The first-order valence-electron chi connectivity index (χ1n) is 4.99. The number of benzene rings is 1. The number of nitrogens with zero attached hydrogens (tertiary/aromatic N) is 1. The van der Waals surface area contributed by atoms with Gasteiger partial charge in [0.1, 0.15) is 5.58 Å². The van der Waals surface area contributed by atoms with Crippen LogP contribution in [0, 0.1) is 13.8 Å². The minimum absolute atomic E-state index is 0.862. The maximum absolute atomic E-state index is 5.70. The Balaban J connectivity index is 2.55. The molecule has 0 aliphatic heterocycles. The average molecular weight is 197 g/mol. The lowest BCUT2D eigenvalue weighted by Crippen LogP contribution is -1.77. The molecule has 0 bridgehead atoms. The van der Waals surface area contributed by atoms with Crippen LogP contribution in [-0.4, -0.2) is 4.98 Å². The molecule has 0 amide bonds. The van der Waals surface area contributed by atoms with E-state index in [1.165, 1.54) is 10.9 Å². The number of furan rings is 1. The smallest absolute Gasteiger partial charge is 0.153 e. The van der Waals surface area contributed by atoms with Crippen LogP contribution in [0.5, 0.6) is 0 Å². The summed E-state index contributed by atoms with van der Waals surface area (Å²) in [6, 6.07) is 8.30. The molecule has 2 heteroatoms. The zero-order valence-electron chi connectivity index (χ0n) is 8.74. The van der Waals surface area contributed by atoms with Crippen LogP contribution in [0.1, 0.15) is 11.3 Å². The second-order valence-corrected chi connectivity index (χ2v) is 3.92. The fraction of sp³-hybridized carbons (Fsp3) is 0.154. The summed E-state index contributed by atoms with van der Waals surface area (Å²) >= 11 is 0. The molecule has 0 unspecified atom stereocenters. The molecule has 0 fully saturated rings. The molecule has 2 heterocycles. The summed E-state index contributed by atoms with van der Waals surface area (Å²) in [6.07, 6.45) is 1.79. The van der Waals surface area contributed by atoms with Gasteiger partial charge < -0.3 is 4.42 Å². The number of rotatable bonds is 0. The third kappa shape index (κ3) is 1.22. The molecule has 1 aromatic carbocycles. The van der Waals surface area contributed by atoms with Gasteiger partial charge in [-0.2, -0.15) is 0 Å². The van der Waals surface area contributed by atoms with Gasteiger partial charge in [0, 0.05) is 16.5 Å². The molecule has 2 nitrogen and oxygen atoms in total. The van der Waals surface area contributed by atoms with Gasteiger partial charge in [0.15, 0.2) is 5.58 Å². The van der Waals surface area contributed by atoms with Crippen LogP contribution in [0.15, 0.2) is 34.9 Å². The van der Waals surface area contributed by atoms with Crippen molar-refractivity contribution in [3.8, 4) is 0 Å². The van der Waals surface area contributed by atoms with E-state index in [-0.39, 0.29) is 0 Å². The Kier molecular flexibility index (Phi) is 1.60. The molecule has 2 aromatic heterocycles. The van der Waals surface area contributed by atoms with E-state index in [1.807, 2.05) is 13.0 Å².